The molecule has 140 valence electrons. The molecule has 26 heavy (non-hydrogen) atoms. The molecule has 0 radical (unpaired) electrons. The van der Waals surface area contributed by atoms with Gasteiger partial charge in [-0.1, -0.05) is 30.0 Å². The van der Waals surface area contributed by atoms with E-state index in [0.29, 0.717) is 28.8 Å². The molecule has 12 heteroatoms. The number of hydrogen-bond donors (Lipinski definition) is 1. The smallest absolute Gasteiger partial charge is 0.417 e. The SMILES string of the molecule is O=C(O)CN1C(=O)/C(=C/c2ccc(C(F)(F)F)cc2C(F)(F)F)SC1=S. The Labute approximate surface area is 151 Å². The Morgan fingerprint density at radius 3 is 2.31 bits per heavy atom. The Morgan fingerprint density at radius 2 is 1.81 bits per heavy atom. The van der Waals surface area contributed by atoms with Crippen LogP contribution in [0.15, 0.2) is 23.1 Å². The van der Waals surface area contributed by atoms with Crippen LogP contribution in [0.4, 0.5) is 26.3 Å². The fourth-order valence-corrected chi connectivity index (χ4v) is 3.26. The first-order chi connectivity index (χ1) is 11.8. The van der Waals surface area contributed by atoms with Crippen LogP contribution in [-0.2, 0) is 21.9 Å². The number of carboxylic acid groups (broad SMARTS) is 1. The first kappa shape index (κ1) is 20.2. The highest BCUT2D eigenvalue weighted by atomic mass is 32.2. The lowest BCUT2D eigenvalue weighted by Gasteiger charge is -2.14. The van der Waals surface area contributed by atoms with Crippen molar-refractivity contribution in [1.82, 2.24) is 4.90 Å². The maximum Gasteiger partial charge on any atom is 0.417 e. The molecule has 4 nitrogen and oxygen atoms in total. The second kappa shape index (κ2) is 6.91. The molecule has 0 aromatic heterocycles. The average molecular weight is 415 g/mol. The van der Waals surface area contributed by atoms with E-state index in [9.17, 15) is 35.9 Å². The molecule has 1 aliphatic heterocycles. The fourth-order valence-electron chi connectivity index (χ4n) is 2.02. The van der Waals surface area contributed by atoms with Gasteiger partial charge in [-0.15, -0.1) is 0 Å². The number of halogens is 6. The van der Waals surface area contributed by atoms with Gasteiger partial charge in [0.15, 0.2) is 0 Å². The Bertz CT molecular complexity index is 816. The lowest BCUT2D eigenvalue weighted by Crippen LogP contribution is -2.33. The summed E-state index contributed by atoms with van der Waals surface area (Å²) in [7, 11) is 0. The van der Waals surface area contributed by atoms with Crippen LogP contribution in [-0.4, -0.2) is 32.7 Å². The Hall–Kier alpha value is -2.08. The van der Waals surface area contributed by atoms with Crippen LogP contribution in [0.1, 0.15) is 16.7 Å². The van der Waals surface area contributed by atoms with E-state index in [1.54, 1.807) is 0 Å². The third kappa shape index (κ3) is 4.36. The van der Waals surface area contributed by atoms with Crippen molar-refractivity contribution in [2.24, 2.45) is 0 Å². The number of thioether (sulfide) groups is 1. The van der Waals surface area contributed by atoms with Crippen molar-refractivity contribution in [3.05, 3.63) is 39.8 Å². The topological polar surface area (TPSA) is 57.6 Å². The lowest BCUT2D eigenvalue weighted by atomic mass is 10.0. The van der Waals surface area contributed by atoms with E-state index in [2.05, 4.69) is 0 Å². The zero-order valence-electron chi connectivity index (χ0n) is 12.3. The van der Waals surface area contributed by atoms with Crippen molar-refractivity contribution in [2.75, 3.05) is 6.54 Å². The zero-order chi connectivity index (χ0) is 19.9. The van der Waals surface area contributed by atoms with Gasteiger partial charge in [-0.05, 0) is 23.8 Å². The van der Waals surface area contributed by atoms with Crippen LogP contribution < -0.4 is 0 Å². The summed E-state index contributed by atoms with van der Waals surface area (Å²) in [4.78, 5) is 23.1. The predicted octanol–water partition coefficient (Wildman–Crippen LogP) is 4.01. The van der Waals surface area contributed by atoms with Crippen LogP contribution in [0, 0.1) is 0 Å². The number of hydrogen-bond acceptors (Lipinski definition) is 4. The number of carbonyl (C=O) groups excluding carboxylic acids is 1. The van der Waals surface area contributed by atoms with E-state index >= 15 is 0 Å². The second-order valence-corrected chi connectivity index (χ2v) is 6.63. The van der Waals surface area contributed by atoms with E-state index < -0.39 is 47.5 Å². The summed E-state index contributed by atoms with van der Waals surface area (Å²) in [5.41, 5.74) is -3.72. The number of carbonyl (C=O) groups is 2. The molecule has 1 aromatic carbocycles. The minimum atomic E-state index is -5.10. The molecule has 0 spiro atoms. The highest BCUT2D eigenvalue weighted by molar-refractivity contribution is 8.26. The highest BCUT2D eigenvalue weighted by Crippen LogP contribution is 2.40. The molecule has 1 heterocycles. The molecule has 0 aliphatic carbocycles. The maximum atomic E-state index is 13.1. The van der Waals surface area contributed by atoms with Crippen LogP contribution in [0.25, 0.3) is 6.08 Å². The van der Waals surface area contributed by atoms with Crippen molar-refractivity contribution in [2.45, 2.75) is 12.4 Å². The summed E-state index contributed by atoms with van der Waals surface area (Å²) in [6.07, 6.45) is -9.32. The molecule has 1 N–H and O–H groups in total. The largest absolute Gasteiger partial charge is 0.480 e. The highest BCUT2D eigenvalue weighted by Gasteiger charge is 2.39. The second-order valence-electron chi connectivity index (χ2n) is 4.96. The summed E-state index contributed by atoms with van der Waals surface area (Å²) in [5.74, 6) is -2.32. The van der Waals surface area contributed by atoms with E-state index in [1.165, 1.54) is 0 Å². The van der Waals surface area contributed by atoms with Crippen molar-refractivity contribution in [3.63, 3.8) is 0 Å². The molecule has 0 unspecified atom stereocenters. The molecule has 1 fully saturated rings. The predicted molar refractivity (Wildman–Crippen MR) is 84.0 cm³/mol. The molecule has 1 saturated heterocycles. The van der Waals surface area contributed by atoms with Gasteiger partial charge in [0.2, 0.25) is 0 Å². The van der Waals surface area contributed by atoms with E-state index in [1.807, 2.05) is 0 Å². The summed E-state index contributed by atoms with van der Waals surface area (Å²) in [5, 5.41) is 8.71. The summed E-state index contributed by atoms with van der Waals surface area (Å²) >= 11 is 5.36. The van der Waals surface area contributed by atoms with Crippen molar-refractivity contribution < 1.29 is 41.0 Å². The Balaban J connectivity index is 2.49. The van der Waals surface area contributed by atoms with E-state index in [4.69, 9.17) is 17.3 Å². The van der Waals surface area contributed by atoms with Gasteiger partial charge in [-0.3, -0.25) is 14.5 Å². The summed E-state index contributed by atoms with van der Waals surface area (Å²) in [6, 6.07) is 0.998. The monoisotopic (exact) mass is 415 g/mol. The summed E-state index contributed by atoms with van der Waals surface area (Å²) < 4.78 is 77.1. The summed E-state index contributed by atoms with van der Waals surface area (Å²) in [6.45, 7) is -0.777. The van der Waals surface area contributed by atoms with Gasteiger partial charge in [0.25, 0.3) is 5.91 Å². The van der Waals surface area contributed by atoms with E-state index in [0.717, 1.165) is 6.08 Å². The minimum Gasteiger partial charge on any atom is -0.480 e. The van der Waals surface area contributed by atoms with Gasteiger partial charge in [-0.2, -0.15) is 26.3 Å². The van der Waals surface area contributed by atoms with Gasteiger partial charge in [-0.25, -0.2) is 0 Å². The number of aliphatic carboxylic acids is 1. The standard InChI is InChI=1S/C14H7F6NO3S2/c15-13(16,17)7-2-1-6(8(4-7)14(18,19)20)3-9-11(24)21(5-10(22)23)12(25)26-9/h1-4H,5H2,(H,22,23)/b9-3-. The average Bonchev–Trinajstić information content (AvgIpc) is 2.72. The number of thiocarbonyl (C=S) groups is 1. The molecule has 1 aromatic rings. The van der Waals surface area contributed by atoms with Gasteiger partial charge in [0.1, 0.15) is 10.9 Å². The Kier molecular flexibility index (Phi) is 5.38. The number of amides is 1. The normalized spacial score (nSPS) is 17.3. The van der Waals surface area contributed by atoms with Gasteiger partial charge < -0.3 is 5.11 Å². The number of carboxylic acids is 1. The first-order valence-corrected chi connectivity index (χ1v) is 7.79. The fraction of sp³-hybridized carbons (Fsp3) is 0.214. The van der Waals surface area contributed by atoms with Crippen LogP contribution in [0.2, 0.25) is 0 Å². The number of alkyl halides is 6. The van der Waals surface area contributed by atoms with Gasteiger partial charge in [0.05, 0.1) is 16.0 Å². The molecular weight excluding hydrogens is 408 g/mol. The zero-order valence-corrected chi connectivity index (χ0v) is 13.9. The van der Waals surface area contributed by atoms with Crippen molar-refractivity contribution in [3.8, 4) is 0 Å². The van der Waals surface area contributed by atoms with Crippen molar-refractivity contribution >= 4 is 46.3 Å². The molecule has 1 aliphatic rings. The third-order valence-electron chi connectivity index (χ3n) is 3.14. The number of rotatable bonds is 3. The maximum absolute atomic E-state index is 13.1. The molecule has 0 saturated carbocycles. The van der Waals surface area contributed by atoms with Crippen LogP contribution in [0.5, 0.6) is 0 Å². The van der Waals surface area contributed by atoms with Gasteiger partial charge >= 0.3 is 18.3 Å². The van der Waals surface area contributed by atoms with Gasteiger partial charge in [0, 0.05) is 0 Å². The first-order valence-electron chi connectivity index (χ1n) is 6.56. The van der Waals surface area contributed by atoms with Crippen LogP contribution >= 0.6 is 24.0 Å². The Morgan fingerprint density at radius 1 is 1.19 bits per heavy atom. The quantitative estimate of drug-likeness (QED) is 0.459. The molecule has 2 rings (SSSR count). The minimum absolute atomic E-state index is 0.0518. The number of nitrogens with zero attached hydrogens (tertiary/aromatic N) is 1. The molecule has 0 atom stereocenters. The number of benzene rings is 1. The lowest BCUT2D eigenvalue weighted by molar-refractivity contribution is -0.143. The van der Waals surface area contributed by atoms with Crippen molar-refractivity contribution in [1.29, 1.82) is 0 Å². The third-order valence-corrected chi connectivity index (χ3v) is 4.52. The van der Waals surface area contributed by atoms with E-state index in [-0.39, 0.29) is 15.3 Å². The molecule has 1 amide bonds. The molecule has 0 bridgehead atoms. The van der Waals surface area contributed by atoms with Crippen LogP contribution in [0.3, 0.4) is 0 Å². The molecular formula is C14H7F6NO3S2.